The maximum atomic E-state index is 12.3. The molecule has 2 aromatic carbocycles. The monoisotopic (exact) mass is 345 g/mol. The maximum absolute atomic E-state index is 12.3. The van der Waals surface area contributed by atoms with E-state index in [1.807, 2.05) is 68.6 Å². The summed E-state index contributed by atoms with van der Waals surface area (Å²) in [6.45, 7) is 0.339. The molecule has 1 amide bonds. The zero-order valence-electron chi connectivity index (χ0n) is 15.4. The van der Waals surface area contributed by atoms with Crippen LogP contribution in [0.2, 0.25) is 0 Å². The van der Waals surface area contributed by atoms with Gasteiger partial charge in [-0.3, -0.25) is 4.79 Å². The van der Waals surface area contributed by atoms with Crippen LogP contribution in [0, 0.1) is 11.8 Å². The van der Waals surface area contributed by atoms with Gasteiger partial charge in [0.05, 0.1) is 18.7 Å². The van der Waals surface area contributed by atoms with Crippen molar-refractivity contribution in [2.24, 2.45) is 7.05 Å². The van der Waals surface area contributed by atoms with Crippen LogP contribution in [-0.4, -0.2) is 31.1 Å². The van der Waals surface area contributed by atoms with E-state index in [9.17, 15) is 4.79 Å². The third kappa shape index (κ3) is 3.89. The quantitative estimate of drug-likeness (QED) is 0.738. The predicted octanol–water partition coefficient (Wildman–Crippen LogP) is 2.95. The van der Waals surface area contributed by atoms with Crippen LogP contribution >= 0.6 is 0 Å². The Kier molecular flexibility index (Phi) is 5.28. The van der Waals surface area contributed by atoms with E-state index < -0.39 is 0 Å². The molecule has 0 fully saturated rings. The number of hydrogen-bond acceptors (Lipinski definition) is 2. The molecule has 4 nitrogen and oxygen atoms in total. The van der Waals surface area contributed by atoms with Crippen molar-refractivity contribution >= 4 is 22.5 Å². The van der Waals surface area contributed by atoms with Crippen molar-refractivity contribution in [3.8, 4) is 11.8 Å². The molecule has 26 heavy (non-hydrogen) atoms. The summed E-state index contributed by atoms with van der Waals surface area (Å²) in [5.74, 6) is 6.16. The first-order valence-corrected chi connectivity index (χ1v) is 8.61. The number of nitrogens with zero attached hydrogens (tertiary/aromatic N) is 2. The second kappa shape index (κ2) is 7.79. The van der Waals surface area contributed by atoms with Gasteiger partial charge in [-0.05, 0) is 23.8 Å². The summed E-state index contributed by atoms with van der Waals surface area (Å²) >= 11 is 0. The summed E-state index contributed by atoms with van der Waals surface area (Å²) in [7, 11) is 5.98. The second-order valence-corrected chi connectivity index (χ2v) is 6.45. The molecular weight excluding hydrogens is 322 g/mol. The molecule has 0 aliphatic heterocycles. The summed E-state index contributed by atoms with van der Waals surface area (Å²) in [6.07, 6.45) is 2.38. The van der Waals surface area contributed by atoms with Crippen LogP contribution in [0.1, 0.15) is 11.1 Å². The van der Waals surface area contributed by atoms with Gasteiger partial charge in [0.25, 0.3) is 0 Å². The number of rotatable bonds is 4. The van der Waals surface area contributed by atoms with Crippen molar-refractivity contribution in [3.05, 3.63) is 65.9 Å². The summed E-state index contributed by atoms with van der Waals surface area (Å²) in [4.78, 5) is 14.3. The fraction of sp³-hybridized carbons (Fsp3) is 0.227. The standard InChI is InChI=1S/C22H23N3O/c1-24(2)20-12-6-4-9-17(20)10-8-14-23-22(26)15-18-16-25(3)21-13-7-5-11-19(18)21/h4-7,9,11-13,16H,14-15H2,1-3H3,(H,23,26). The molecule has 3 rings (SSSR count). The zero-order valence-corrected chi connectivity index (χ0v) is 15.4. The fourth-order valence-corrected chi connectivity index (χ4v) is 3.05. The summed E-state index contributed by atoms with van der Waals surface area (Å²) in [6, 6.07) is 16.1. The summed E-state index contributed by atoms with van der Waals surface area (Å²) in [5.41, 5.74) is 4.20. The molecule has 0 saturated heterocycles. The van der Waals surface area contributed by atoms with E-state index in [0.29, 0.717) is 13.0 Å². The minimum absolute atomic E-state index is 0.0171. The topological polar surface area (TPSA) is 37.3 Å². The van der Waals surface area contributed by atoms with Crippen molar-refractivity contribution in [2.75, 3.05) is 25.5 Å². The van der Waals surface area contributed by atoms with Crippen molar-refractivity contribution in [1.82, 2.24) is 9.88 Å². The number of fused-ring (bicyclic) bond motifs is 1. The van der Waals surface area contributed by atoms with Gasteiger partial charge in [0, 0.05) is 43.8 Å². The number of hydrogen-bond donors (Lipinski definition) is 1. The van der Waals surface area contributed by atoms with E-state index >= 15 is 0 Å². The third-order valence-electron chi connectivity index (χ3n) is 4.31. The molecule has 0 aliphatic rings. The van der Waals surface area contributed by atoms with E-state index in [0.717, 1.165) is 27.7 Å². The molecule has 1 N–H and O–H groups in total. The molecule has 0 aliphatic carbocycles. The molecule has 1 aromatic heterocycles. The van der Waals surface area contributed by atoms with Crippen molar-refractivity contribution in [2.45, 2.75) is 6.42 Å². The molecule has 0 unspecified atom stereocenters. The fourth-order valence-electron chi connectivity index (χ4n) is 3.05. The van der Waals surface area contributed by atoms with Gasteiger partial charge in [-0.1, -0.05) is 42.2 Å². The number of aryl methyl sites for hydroxylation is 1. The Labute approximate surface area is 154 Å². The summed E-state index contributed by atoms with van der Waals surface area (Å²) in [5, 5.41) is 4.01. The number of benzene rings is 2. The first kappa shape index (κ1) is 17.6. The number of carbonyl (C=O) groups is 1. The van der Waals surface area contributed by atoms with Crippen LogP contribution in [0.25, 0.3) is 10.9 Å². The Balaban J connectivity index is 1.62. The smallest absolute Gasteiger partial charge is 0.225 e. The van der Waals surface area contributed by atoms with E-state index in [1.54, 1.807) is 0 Å². The van der Waals surface area contributed by atoms with Crippen LogP contribution < -0.4 is 10.2 Å². The number of anilines is 1. The zero-order chi connectivity index (χ0) is 18.5. The molecular formula is C22H23N3O. The maximum Gasteiger partial charge on any atom is 0.225 e. The van der Waals surface area contributed by atoms with Gasteiger partial charge in [0.1, 0.15) is 0 Å². The highest BCUT2D eigenvalue weighted by atomic mass is 16.1. The lowest BCUT2D eigenvalue weighted by atomic mass is 10.1. The minimum Gasteiger partial charge on any atom is -0.377 e. The van der Waals surface area contributed by atoms with Gasteiger partial charge < -0.3 is 14.8 Å². The van der Waals surface area contributed by atoms with Crippen molar-refractivity contribution < 1.29 is 4.79 Å². The highest BCUT2D eigenvalue weighted by molar-refractivity contribution is 5.89. The van der Waals surface area contributed by atoms with Gasteiger partial charge in [0.2, 0.25) is 5.91 Å². The van der Waals surface area contributed by atoms with Crippen LogP contribution in [-0.2, 0) is 18.3 Å². The molecule has 3 aromatic rings. The number of amides is 1. The van der Waals surface area contributed by atoms with Gasteiger partial charge >= 0.3 is 0 Å². The van der Waals surface area contributed by atoms with Gasteiger partial charge in [-0.2, -0.15) is 0 Å². The lowest BCUT2D eigenvalue weighted by Gasteiger charge is -2.13. The van der Waals surface area contributed by atoms with Gasteiger partial charge in [-0.25, -0.2) is 0 Å². The van der Waals surface area contributed by atoms with E-state index in [4.69, 9.17) is 0 Å². The Morgan fingerprint density at radius 3 is 2.65 bits per heavy atom. The molecule has 132 valence electrons. The third-order valence-corrected chi connectivity index (χ3v) is 4.31. The molecule has 0 bridgehead atoms. The Morgan fingerprint density at radius 1 is 1.12 bits per heavy atom. The number of nitrogens with one attached hydrogen (secondary N) is 1. The van der Waals surface area contributed by atoms with Gasteiger partial charge in [0.15, 0.2) is 0 Å². The molecule has 0 radical (unpaired) electrons. The number of carbonyl (C=O) groups excluding carboxylic acids is 1. The lowest BCUT2D eigenvalue weighted by Crippen LogP contribution is -2.25. The van der Waals surface area contributed by atoms with Crippen LogP contribution in [0.4, 0.5) is 5.69 Å². The first-order chi connectivity index (χ1) is 12.6. The average molecular weight is 345 g/mol. The number of aromatic nitrogens is 1. The number of para-hydroxylation sites is 2. The van der Waals surface area contributed by atoms with Gasteiger partial charge in [-0.15, -0.1) is 0 Å². The predicted molar refractivity (Wildman–Crippen MR) is 107 cm³/mol. The summed E-state index contributed by atoms with van der Waals surface area (Å²) < 4.78 is 2.05. The average Bonchev–Trinajstić information content (AvgIpc) is 2.95. The molecule has 4 heteroatoms. The minimum atomic E-state index is -0.0171. The van der Waals surface area contributed by atoms with Crippen LogP contribution in [0.3, 0.4) is 0 Å². The normalized spacial score (nSPS) is 10.3. The van der Waals surface area contributed by atoms with E-state index in [2.05, 4.69) is 33.9 Å². The SMILES string of the molecule is CN(C)c1ccccc1C#CCNC(=O)Cc1cn(C)c2ccccc12. The van der Waals surface area contributed by atoms with Crippen molar-refractivity contribution in [3.63, 3.8) is 0 Å². The molecule has 0 saturated carbocycles. The largest absolute Gasteiger partial charge is 0.377 e. The highest BCUT2D eigenvalue weighted by Gasteiger charge is 2.09. The Bertz CT molecular complexity index is 989. The Morgan fingerprint density at radius 2 is 1.85 bits per heavy atom. The van der Waals surface area contributed by atoms with Crippen LogP contribution in [0.5, 0.6) is 0 Å². The molecule has 0 spiro atoms. The van der Waals surface area contributed by atoms with E-state index in [-0.39, 0.29) is 5.91 Å². The van der Waals surface area contributed by atoms with Crippen molar-refractivity contribution in [1.29, 1.82) is 0 Å². The highest BCUT2D eigenvalue weighted by Crippen LogP contribution is 2.20. The first-order valence-electron chi connectivity index (χ1n) is 8.61. The molecule has 0 atom stereocenters. The lowest BCUT2D eigenvalue weighted by molar-refractivity contribution is -0.120. The Hall–Kier alpha value is -3.19. The molecule has 1 heterocycles. The van der Waals surface area contributed by atoms with E-state index in [1.165, 1.54) is 0 Å². The van der Waals surface area contributed by atoms with Crippen LogP contribution in [0.15, 0.2) is 54.7 Å². The second-order valence-electron chi connectivity index (χ2n) is 6.45.